The molecule has 0 fully saturated rings. The number of aryl methyl sites for hydroxylation is 1. The number of allylic oxidation sites excluding steroid dienone is 3. The van der Waals surface area contributed by atoms with Gasteiger partial charge in [-0.15, -0.1) is 0 Å². The molecule has 0 N–H and O–H groups in total. The molecule has 8 rings (SSSR count). The van der Waals surface area contributed by atoms with Gasteiger partial charge in [0.2, 0.25) is 0 Å². The maximum Gasteiger partial charge on any atom is 0.112 e. The van der Waals surface area contributed by atoms with E-state index in [0.29, 0.717) is 17.3 Å². The van der Waals surface area contributed by atoms with Gasteiger partial charge in [0, 0.05) is 31.2 Å². The predicted octanol–water partition coefficient (Wildman–Crippen LogP) is 19.7. The molecule has 0 saturated carbocycles. The van der Waals surface area contributed by atoms with E-state index in [0.717, 1.165) is 78.9 Å². The zero-order valence-electron chi connectivity index (χ0n) is 42.5. The Morgan fingerprint density at radius 3 is 0.986 bits per heavy atom. The first-order valence-electron chi connectivity index (χ1n) is 24.2. The molecule has 0 amide bonds. The van der Waals surface area contributed by atoms with Crippen molar-refractivity contribution in [3.8, 4) is 0 Å². The van der Waals surface area contributed by atoms with Crippen LogP contribution < -0.4 is 0 Å². The Balaban J connectivity index is 0.000000216. The van der Waals surface area contributed by atoms with E-state index in [1.807, 2.05) is 39.0 Å². The second kappa shape index (κ2) is 27.1. The van der Waals surface area contributed by atoms with Crippen molar-refractivity contribution in [3.05, 3.63) is 204 Å². The summed E-state index contributed by atoms with van der Waals surface area (Å²) in [5.74, 6) is 1.21. The summed E-state index contributed by atoms with van der Waals surface area (Å²) in [5.41, 5.74) is 17.1. The topological polar surface area (TPSA) is 51.6 Å². The van der Waals surface area contributed by atoms with Crippen molar-refractivity contribution in [2.45, 2.75) is 102 Å². The molecule has 0 radical (unpaired) electrons. The summed E-state index contributed by atoms with van der Waals surface area (Å²) in [6.45, 7) is 22.3. The third kappa shape index (κ3) is 17.0. The molecule has 71 heavy (non-hydrogen) atoms. The van der Waals surface area contributed by atoms with Crippen LogP contribution in [0.5, 0.6) is 0 Å². The lowest BCUT2D eigenvalue weighted by atomic mass is 9.74. The Kier molecular flexibility index (Phi) is 21.7. The van der Waals surface area contributed by atoms with Gasteiger partial charge in [0.15, 0.2) is 0 Å². The molecule has 2 heterocycles. The Bertz CT molecular complexity index is 2910. The van der Waals surface area contributed by atoms with Gasteiger partial charge in [-0.2, -0.15) is 17.5 Å². The Morgan fingerprint density at radius 2 is 0.690 bits per heavy atom. The first kappa shape index (κ1) is 56.8. The normalized spacial score (nSPS) is 12.5. The van der Waals surface area contributed by atoms with Gasteiger partial charge in [0.1, 0.15) is 22.1 Å². The monoisotopic (exact) mass is 1110 g/mol. The molecule has 2 aromatic heterocycles. The maximum atomic E-state index is 4.53. The molecular formula is C63H72Br2N4S2. The van der Waals surface area contributed by atoms with E-state index >= 15 is 0 Å². The number of aromatic nitrogens is 4. The Morgan fingerprint density at radius 1 is 0.408 bits per heavy atom. The van der Waals surface area contributed by atoms with Crippen molar-refractivity contribution in [2.75, 3.05) is 0 Å². The summed E-state index contributed by atoms with van der Waals surface area (Å²) in [4.78, 5) is 0. The maximum absolute atomic E-state index is 4.53. The Hall–Kier alpha value is -5.12. The van der Waals surface area contributed by atoms with Crippen LogP contribution in [0.2, 0.25) is 0 Å². The van der Waals surface area contributed by atoms with E-state index in [1.165, 1.54) is 56.8 Å². The van der Waals surface area contributed by atoms with Crippen molar-refractivity contribution in [1.29, 1.82) is 0 Å². The lowest BCUT2D eigenvalue weighted by molar-refractivity contribution is 0.237. The van der Waals surface area contributed by atoms with Crippen LogP contribution in [0.3, 0.4) is 0 Å². The van der Waals surface area contributed by atoms with Crippen molar-refractivity contribution in [1.82, 2.24) is 17.5 Å². The number of hydrogen-bond acceptors (Lipinski definition) is 6. The first-order valence-corrected chi connectivity index (χ1v) is 27.3. The van der Waals surface area contributed by atoms with Crippen molar-refractivity contribution >= 4 is 108 Å². The van der Waals surface area contributed by atoms with E-state index in [2.05, 4.69) is 250 Å². The molecule has 0 spiro atoms. The quantitative estimate of drug-likeness (QED) is 0.108. The highest BCUT2D eigenvalue weighted by Crippen LogP contribution is 2.34. The molecule has 1 atom stereocenters. The number of rotatable bonds is 13. The van der Waals surface area contributed by atoms with Crippen LogP contribution in [0.25, 0.3) is 52.4 Å². The summed E-state index contributed by atoms with van der Waals surface area (Å²) in [6, 6.07) is 43.9. The third-order valence-electron chi connectivity index (χ3n) is 12.8. The van der Waals surface area contributed by atoms with E-state index in [1.54, 1.807) is 0 Å². The van der Waals surface area contributed by atoms with E-state index in [9.17, 15) is 0 Å². The summed E-state index contributed by atoms with van der Waals surface area (Å²) in [5, 5.41) is 0. The lowest BCUT2D eigenvalue weighted by Crippen LogP contribution is -2.25. The molecule has 6 aromatic carbocycles. The smallest absolute Gasteiger partial charge is 0.112 e. The fraction of sp³-hybridized carbons (Fsp3) is 0.302. The van der Waals surface area contributed by atoms with Crippen LogP contribution in [0.4, 0.5) is 0 Å². The van der Waals surface area contributed by atoms with Gasteiger partial charge in [0.25, 0.3) is 0 Å². The standard InChI is InChI=1S/C31H34N2S.C19H22Br2.C12H12N2S.CH4/c1-6-7-26-18-19-27(30-29(26)32-34-33-30)17-16-23-12-14-25(15-13-23)21-28(31(3,4)5)20-24-10-8-22(2)9-11-24;1-19(2,3)16(12-14-4-8-17(20)9-5-14)13-15-6-10-18(21)11-7-15;1-3-5-9-7-8-10(6-4-2)12-11(9)13-15-14-12;/h6-19,28H,20-21H2,1-5H3;4-11,16H,12-13H2,1-3H3;3-8H,1-2H3;1H4/b7-6+,17-16+;;5-3+,6-4+;. The lowest BCUT2D eigenvalue weighted by Gasteiger charge is -2.31. The molecule has 0 aliphatic rings. The second-order valence-electron chi connectivity index (χ2n) is 20.2. The number of hydrogen-bond donors (Lipinski definition) is 0. The van der Waals surface area contributed by atoms with Crippen LogP contribution in [0.15, 0.2) is 149 Å². The van der Waals surface area contributed by atoms with Gasteiger partial charge in [0.05, 0.1) is 23.5 Å². The average Bonchev–Trinajstić information content (AvgIpc) is 4.04. The van der Waals surface area contributed by atoms with Crippen molar-refractivity contribution in [3.63, 3.8) is 0 Å². The van der Waals surface area contributed by atoms with Crippen molar-refractivity contribution < 1.29 is 0 Å². The minimum atomic E-state index is 0. The zero-order valence-corrected chi connectivity index (χ0v) is 47.3. The van der Waals surface area contributed by atoms with Crippen LogP contribution >= 0.6 is 55.3 Å². The third-order valence-corrected chi connectivity index (χ3v) is 14.9. The molecule has 1 unspecified atom stereocenters. The molecule has 0 aliphatic heterocycles. The molecule has 370 valence electrons. The van der Waals surface area contributed by atoms with Crippen LogP contribution in [0.1, 0.15) is 125 Å². The minimum Gasteiger partial charge on any atom is -0.172 e. The van der Waals surface area contributed by atoms with E-state index in [-0.39, 0.29) is 12.8 Å². The fourth-order valence-corrected chi connectivity index (χ4v) is 10.0. The summed E-state index contributed by atoms with van der Waals surface area (Å²) >= 11 is 9.55. The fourth-order valence-electron chi connectivity index (χ4n) is 8.31. The SMILES string of the molecule is C.C/C=C/c1ccc(/C=C/C)c2nsnc12.C/C=C/c1ccc(/C=C/c2ccc(CC(Cc3ccc(C)cc3)C(C)(C)C)cc2)c2nsnc12.CC(C)(C)C(Cc1ccc(Br)cc1)Cc1ccc(Br)cc1. The molecule has 0 bridgehead atoms. The van der Waals surface area contributed by atoms with Crippen LogP contribution in [0, 0.1) is 29.6 Å². The predicted molar refractivity (Wildman–Crippen MR) is 321 cm³/mol. The van der Waals surface area contributed by atoms with Gasteiger partial charge in [-0.3, -0.25) is 0 Å². The Labute approximate surface area is 451 Å². The molecule has 4 nitrogen and oxygen atoms in total. The van der Waals surface area contributed by atoms with E-state index in [4.69, 9.17) is 0 Å². The van der Waals surface area contributed by atoms with Crippen LogP contribution in [-0.2, 0) is 25.7 Å². The number of nitrogens with zero attached hydrogens (tertiary/aromatic N) is 4. The highest BCUT2D eigenvalue weighted by Gasteiger charge is 2.26. The van der Waals surface area contributed by atoms with Gasteiger partial charge < -0.3 is 0 Å². The summed E-state index contributed by atoms with van der Waals surface area (Å²) in [7, 11) is 0. The molecule has 8 aromatic rings. The highest BCUT2D eigenvalue weighted by molar-refractivity contribution is 9.10. The van der Waals surface area contributed by atoms with Crippen molar-refractivity contribution in [2.24, 2.45) is 22.7 Å². The molecular weight excluding hydrogens is 1040 g/mol. The number of fused-ring (bicyclic) bond motifs is 2. The number of halogens is 2. The summed E-state index contributed by atoms with van der Waals surface area (Å²) < 4.78 is 20.0. The minimum absolute atomic E-state index is 0. The van der Waals surface area contributed by atoms with E-state index < -0.39 is 0 Å². The zero-order chi connectivity index (χ0) is 50.3. The molecule has 8 heteroatoms. The van der Waals surface area contributed by atoms with Crippen LogP contribution in [-0.4, -0.2) is 17.5 Å². The first-order chi connectivity index (χ1) is 33.5. The second-order valence-corrected chi connectivity index (χ2v) is 23.1. The van der Waals surface area contributed by atoms with Gasteiger partial charge in [-0.25, -0.2) is 0 Å². The largest absolute Gasteiger partial charge is 0.172 e. The van der Waals surface area contributed by atoms with Gasteiger partial charge in [-0.05, 0) is 128 Å². The van der Waals surface area contributed by atoms with Gasteiger partial charge in [-0.1, -0.05) is 232 Å². The molecule has 0 saturated heterocycles. The average molecular weight is 1110 g/mol. The highest BCUT2D eigenvalue weighted by atomic mass is 79.9. The van der Waals surface area contributed by atoms with Gasteiger partial charge >= 0.3 is 0 Å². The molecule has 0 aliphatic carbocycles. The number of benzene rings is 6. The summed E-state index contributed by atoms with van der Waals surface area (Å²) in [6.07, 6.45) is 21.0.